The van der Waals surface area contributed by atoms with Gasteiger partial charge in [-0.25, -0.2) is 0 Å². The molecule has 0 aromatic carbocycles. The molecule has 0 aliphatic carbocycles. The van der Waals surface area contributed by atoms with Crippen LogP contribution < -0.4 is 15.4 Å². The summed E-state index contributed by atoms with van der Waals surface area (Å²) in [5.74, 6) is 0.982. The Morgan fingerprint density at radius 1 is 1.17 bits per heavy atom. The molecule has 0 bridgehead atoms. The number of anilines is 2. The van der Waals surface area contributed by atoms with E-state index in [1.165, 1.54) is 0 Å². The van der Waals surface area contributed by atoms with Gasteiger partial charge in [-0.15, -0.1) is 0 Å². The maximum Gasteiger partial charge on any atom is 0.323 e. The molecule has 1 aromatic heterocycles. The van der Waals surface area contributed by atoms with Crippen LogP contribution in [0.1, 0.15) is 20.3 Å². The monoisotopic (exact) mass is 255 g/mol. The van der Waals surface area contributed by atoms with Crippen molar-refractivity contribution in [2.45, 2.75) is 26.4 Å². The molecule has 0 aliphatic rings. The molecule has 0 spiro atoms. The normalized spacial score (nSPS) is 10.5. The lowest BCUT2D eigenvalue weighted by Gasteiger charge is -2.11. The second kappa shape index (κ2) is 7.65. The van der Waals surface area contributed by atoms with Crippen molar-refractivity contribution in [1.82, 2.24) is 15.0 Å². The van der Waals surface area contributed by atoms with Crippen LogP contribution in [0.2, 0.25) is 0 Å². The van der Waals surface area contributed by atoms with Gasteiger partial charge in [-0.1, -0.05) is 0 Å². The minimum atomic E-state index is 0.0263. The number of rotatable bonds is 8. The predicted molar refractivity (Wildman–Crippen MR) is 70.1 cm³/mol. The molecule has 0 aliphatic heterocycles. The highest BCUT2D eigenvalue weighted by Crippen LogP contribution is 2.11. The average molecular weight is 255 g/mol. The molecule has 2 N–H and O–H groups in total. The highest BCUT2D eigenvalue weighted by Gasteiger charge is 2.07. The first-order valence-corrected chi connectivity index (χ1v) is 5.99. The van der Waals surface area contributed by atoms with E-state index in [0.29, 0.717) is 24.5 Å². The molecule has 0 radical (unpaired) electrons. The Bertz CT molecular complexity index is 359. The van der Waals surface area contributed by atoms with E-state index in [1.54, 1.807) is 14.2 Å². The predicted octanol–water partition coefficient (Wildman–Crippen LogP) is 1.15. The van der Waals surface area contributed by atoms with Crippen LogP contribution in [0, 0.1) is 0 Å². The van der Waals surface area contributed by atoms with Crippen molar-refractivity contribution in [2.24, 2.45) is 0 Å². The number of hydrogen-bond acceptors (Lipinski definition) is 7. The fourth-order valence-corrected chi connectivity index (χ4v) is 1.23. The summed E-state index contributed by atoms with van der Waals surface area (Å²) in [4.78, 5) is 12.5. The largest absolute Gasteiger partial charge is 0.461 e. The molecule has 0 fully saturated rings. The van der Waals surface area contributed by atoms with Crippen LogP contribution in [-0.4, -0.2) is 48.4 Å². The number of methoxy groups -OCH3 is 1. The average Bonchev–Trinajstić information content (AvgIpc) is 2.33. The number of aromatic nitrogens is 3. The zero-order valence-corrected chi connectivity index (χ0v) is 11.4. The van der Waals surface area contributed by atoms with Gasteiger partial charge in [0.15, 0.2) is 0 Å². The van der Waals surface area contributed by atoms with Crippen LogP contribution in [0.25, 0.3) is 0 Å². The van der Waals surface area contributed by atoms with Crippen molar-refractivity contribution in [3.05, 3.63) is 0 Å². The third-order valence-electron chi connectivity index (χ3n) is 1.99. The SMILES string of the molecule is CNc1nc(NCCCOC)nc(OC(C)C)n1. The maximum atomic E-state index is 5.46. The van der Waals surface area contributed by atoms with E-state index in [2.05, 4.69) is 25.6 Å². The van der Waals surface area contributed by atoms with Crippen molar-refractivity contribution < 1.29 is 9.47 Å². The number of hydrogen-bond donors (Lipinski definition) is 2. The van der Waals surface area contributed by atoms with Crippen LogP contribution in [0.15, 0.2) is 0 Å². The Kier molecular flexibility index (Phi) is 6.13. The first-order chi connectivity index (χ1) is 8.65. The lowest BCUT2D eigenvalue weighted by Crippen LogP contribution is -2.14. The van der Waals surface area contributed by atoms with Crippen molar-refractivity contribution >= 4 is 11.9 Å². The van der Waals surface area contributed by atoms with E-state index in [9.17, 15) is 0 Å². The van der Waals surface area contributed by atoms with Crippen molar-refractivity contribution in [3.8, 4) is 6.01 Å². The first kappa shape index (κ1) is 14.4. The van der Waals surface area contributed by atoms with Gasteiger partial charge in [0.25, 0.3) is 0 Å². The molecule has 18 heavy (non-hydrogen) atoms. The highest BCUT2D eigenvalue weighted by atomic mass is 16.5. The molecule has 0 unspecified atom stereocenters. The zero-order valence-electron chi connectivity index (χ0n) is 11.4. The van der Waals surface area contributed by atoms with Gasteiger partial charge < -0.3 is 20.1 Å². The van der Waals surface area contributed by atoms with E-state index >= 15 is 0 Å². The molecule has 0 saturated heterocycles. The van der Waals surface area contributed by atoms with Crippen LogP contribution in [0.3, 0.4) is 0 Å². The molecule has 0 atom stereocenters. The molecule has 7 nitrogen and oxygen atoms in total. The van der Waals surface area contributed by atoms with E-state index in [-0.39, 0.29) is 6.10 Å². The van der Waals surface area contributed by atoms with Gasteiger partial charge in [-0.2, -0.15) is 15.0 Å². The quantitative estimate of drug-likeness (QED) is 0.674. The number of nitrogens with zero attached hydrogens (tertiary/aromatic N) is 3. The molecule has 0 saturated carbocycles. The van der Waals surface area contributed by atoms with Crippen molar-refractivity contribution in [2.75, 3.05) is 37.9 Å². The zero-order chi connectivity index (χ0) is 13.4. The van der Waals surface area contributed by atoms with Crippen LogP contribution in [0.5, 0.6) is 6.01 Å². The van der Waals surface area contributed by atoms with Gasteiger partial charge in [0.2, 0.25) is 11.9 Å². The molecule has 0 amide bonds. The van der Waals surface area contributed by atoms with Crippen LogP contribution >= 0.6 is 0 Å². The van der Waals surface area contributed by atoms with Crippen LogP contribution in [0.4, 0.5) is 11.9 Å². The molecular formula is C11H21N5O2. The van der Waals surface area contributed by atoms with E-state index in [4.69, 9.17) is 9.47 Å². The fourth-order valence-electron chi connectivity index (χ4n) is 1.23. The molecule has 1 rings (SSSR count). The summed E-state index contributed by atoms with van der Waals surface area (Å²) in [6, 6.07) is 0.318. The minimum Gasteiger partial charge on any atom is -0.461 e. The van der Waals surface area contributed by atoms with Crippen LogP contribution in [-0.2, 0) is 4.74 Å². The Labute approximate surface area is 107 Å². The summed E-state index contributed by atoms with van der Waals surface area (Å²) in [6.45, 7) is 5.29. The van der Waals surface area contributed by atoms with Gasteiger partial charge in [-0.3, -0.25) is 0 Å². The summed E-state index contributed by atoms with van der Waals surface area (Å²) in [5.41, 5.74) is 0. The lowest BCUT2D eigenvalue weighted by molar-refractivity contribution is 0.197. The van der Waals surface area contributed by atoms with Gasteiger partial charge in [0.05, 0.1) is 6.10 Å². The fraction of sp³-hybridized carbons (Fsp3) is 0.727. The van der Waals surface area contributed by atoms with E-state index < -0.39 is 0 Å². The van der Waals surface area contributed by atoms with Gasteiger partial charge in [0, 0.05) is 27.3 Å². The summed E-state index contributed by atoms with van der Waals surface area (Å²) >= 11 is 0. The number of ether oxygens (including phenoxy) is 2. The Morgan fingerprint density at radius 3 is 2.50 bits per heavy atom. The van der Waals surface area contributed by atoms with Gasteiger partial charge in [-0.05, 0) is 20.3 Å². The summed E-state index contributed by atoms with van der Waals surface area (Å²) in [6.07, 6.45) is 0.913. The maximum absolute atomic E-state index is 5.46. The lowest BCUT2D eigenvalue weighted by atomic mass is 10.4. The standard InChI is InChI=1S/C11H21N5O2/c1-8(2)18-11-15-9(12-3)14-10(16-11)13-6-5-7-17-4/h8H,5-7H2,1-4H3,(H2,12,13,14,15,16). The summed E-state index contributed by atoms with van der Waals surface area (Å²) in [5, 5.41) is 5.98. The second-order valence-electron chi connectivity index (χ2n) is 3.95. The van der Waals surface area contributed by atoms with Gasteiger partial charge in [0.1, 0.15) is 0 Å². The highest BCUT2D eigenvalue weighted by molar-refractivity contribution is 5.35. The molecule has 1 heterocycles. The second-order valence-corrected chi connectivity index (χ2v) is 3.95. The molecule has 1 aromatic rings. The first-order valence-electron chi connectivity index (χ1n) is 5.99. The Hall–Kier alpha value is -1.63. The Balaban J connectivity index is 2.64. The third kappa shape index (κ3) is 5.13. The Morgan fingerprint density at radius 2 is 1.89 bits per heavy atom. The molecule has 7 heteroatoms. The topological polar surface area (TPSA) is 81.2 Å². The van der Waals surface area contributed by atoms with Gasteiger partial charge >= 0.3 is 6.01 Å². The summed E-state index contributed by atoms with van der Waals surface area (Å²) in [7, 11) is 3.43. The number of nitrogens with one attached hydrogen (secondary N) is 2. The third-order valence-corrected chi connectivity index (χ3v) is 1.99. The minimum absolute atomic E-state index is 0.0263. The molecular weight excluding hydrogens is 234 g/mol. The summed E-state index contributed by atoms with van der Waals surface area (Å²) < 4.78 is 10.4. The smallest absolute Gasteiger partial charge is 0.323 e. The molecule has 102 valence electrons. The van der Waals surface area contributed by atoms with Crippen molar-refractivity contribution in [3.63, 3.8) is 0 Å². The van der Waals surface area contributed by atoms with Crippen molar-refractivity contribution in [1.29, 1.82) is 0 Å². The van der Waals surface area contributed by atoms with E-state index in [1.807, 2.05) is 13.8 Å². The van der Waals surface area contributed by atoms with E-state index in [0.717, 1.165) is 13.0 Å².